The third-order valence-corrected chi connectivity index (χ3v) is 1.98. The SMILES string of the molecule is O=C(O)c1ncccc1SC(F)(F)F. The Morgan fingerprint density at radius 3 is 2.64 bits per heavy atom. The lowest BCUT2D eigenvalue weighted by Crippen LogP contribution is -2.06. The van der Waals surface area contributed by atoms with Crippen molar-refractivity contribution >= 4 is 17.7 Å². The fraction of sp³-hybridized carbons (Fsp3) is 0.143. The van der Waals surface area contributed by atoms with E-state index in [0.29, 0.717) is 0 Å². The van der Waals surface area contributed by atoms with Gasteiger partial charge in [-0.05, 0) is 23.9 Å². The third-order valence-electron chi connectivity index (χ3n) is 1.20. The molecule has 0 aromatic carbocycles. The Kier molecular flexibility index (Phi) is 3.00. The molecular formula is C7H4F3NO2S. The number of hydrogen-bond donors (Lipinski definition) is 1. The molecule has 0 radical (unpaired) electrons. The van der Waals surface area contributed by atoms with Crippen molar-refractivity contribution in [3.05, 3.63) is 24.0 Å². The minimum absolute atomic E-state index is 0.410. The van der Waals surface area contributed by atoms with Gasteiger partial charge in [-0.25, -0.2) is 9.78 Å². The molecule has 1 aromatic rings. The number of carbonyl (C=O) groups is 1. The van der Waals surface area contributed by atoms with E-state index in [1.165, 1.54) is 6.07 Å². The molecule has 0 aliphatic rings. The van der Waals surface area contributed by atoms with Crippen molar-refractivity contribution in [2.24, 2.45) is 0 Å². The highest BCUT2D eigenvalue weighted by atomic mass is 32.2. The molecule has 0 bridgehead atoms. The van der Waals surface area contributed by atoms with E-state index >= 15 is 0 Å². The highest BCUT2D eigenvalue weighted by molar-refractivity contribution is 8.00. The van der Waals surface area contributed by atoms with E-state index in [2.05, 4.69) is 4.98 Å². The maximum absolute atomic E-state index is 11.9. The van der Waals surface area contributed by atoms with E-state index in [-0.39, 0.29) is 0 Å². The molecule has 0 unspecified atom stereocenters. The predicted octanol–water partition coefficient (Wildman–Crippen LogP) is 2.39. The van der Waals surface area contributed by atoms with Gasteiger partial charge in [-0.3, -0.25) is 0 Å². The van der Waals surface area contributed by atoms with Crippen molar-refractivity contribution in [3.63, 3.8) is 0 Å². The number of halogens is 3. The van der Waals surface area contributed by atoms with Crippen LogP contribution in [0, 0.1) is 0 Å². The number of nitrogens with zero attached hydrogens (tertiary/aromatic N) is 1. The predicted molar refractivity (Wildman–Crippen MR) is 43.1 cm³/mol. The van der Waals surface area contributed by atoms with Gasteiger partial charge in [0, 0.05) is 11.1 Å². The zero-order valence-electron chi connectivity index (χ0n) is 6.58. The molecule has 0 aliphatic heterocycles. The van der Waals surface area contributed by atoms with Gasteiger partial charge in [0.25, 0.3) is 0 Å². The summed E-state index contributed by atoms with van der Waals surface area (Å²) in [5, 5.41) is 8.52. The van der Waals surface area contributed by atoms with Gasteiger partial charge in [0.15, 0.2) is 5.69 Å². The molecule has 1 heterocycles. The summed E-state index contributed by atoms with van der Waals surface area (Å²) in [6, 6.07) is 2.31. The Hall–Kier alpha value is -1.24. The minimum atomic E-state index is -4.51. The summed E-state index contributed by atoms with van der Waals surface area (Å²) in [6.45, 7) is 0. The van der Waals surface area contributed by atoms with Crippen LogP contribution in [0.3, 0.4) is 0 Å². The van der Waals surface area contributed by atoms with Crippen LogP contribution in [0.1, 0.15) is 10.5 Å². The first kappa shape index (κ1) is 10.8. The van der Waals surface area contributed by atoms with Crippen LogP contribution in [0.25, 0.3) is 0 Å². The molecule has 0 spiro atoms. The molecule has 0 aliphatic carbocycles. The van der Waals surface area contributed by atoms with Crippen LogP contribution in [-0.4, -0.2) is 21.6 Å². The van der Waals surface area contributed by atoms with Gasteiger partial charge in [0.05, 0.1) is 0 Å². The second-order valence-electron chi connectivity index (χ2n) is 2.20. The molecule has 14 heavy (non-hydrogen) atoms. The summed E-state index contributed by atoms with van der Waals surface area (Å²) in [5.74, 6) is -1.47. The summed E-state index contributed by atoms with van der Waals surface area (Å²) < 4.78 is 35.8. The molecule has 0 saturated heterocycles. The number of hydrogen-bond acceptors (Lipinski definition) is 3. The quantitative estimate of drug-likeness (QED) is 0.782. The van der Waals surface area contributed by atoms with Gasteiger partial charge in [0.1, 0.15) is 0 Å². The molecule has 3 nitrogen and oxygen atoms in total. The molecule has 76 valence electrons. The highest BCUT2D eigenvalue weighted by Gasteiger charge is 2.31. The second kappa shape index (κ2) is 3.87. The summed E-state index contributed by atoms with van der Waals surface area (Å²) >= 11 is -0.488. The van der Waals surface area contributed by atoms with Gasteiger partial charge in [-0.15, -0.1) is 0 Å². The average Bonchev–Trinajstić information content (AvgIpc) is 2.01. The van der Waals surface area contributed by atoms with Crippen LogP contribution in [0.4, 0.5) is 13.2 Å². The fourth-order valence-corrected chi connectivity index (χ4v) is 1.39. The molecule has 0 saturated carbocycles. The zero-order chi connectivity index (χ0) is 10.8. The molecule has 1 aromatic heterocycles. The van der Waals surface area contributed by atoms with Crippen LogP contribution < -0.4 is 0 Å². The van der Waals surface area contributed by atoms with Crippen molar-refractivity contribution in [2.75, 3.05) is 0 Å². The molecule has 1 rings (SSSR count). The number of alkyl halides is 3. The van der Waals surface area contributed by atoms with E-state index in [1.807, 2.05) is 0 Å². The van der Waals surface area contributed by atoms with Crippen LogP contribution in [0.5, 0.6) is 0 Å². The standard InChI is InChI=1S/C7H4F3NO2S/c8-7(9,10)14-4-2-1-3-11-5(4)6(12)13/h1-3H,(H,12,13). The highest BCUT2D eigenvalue weighted by Crippen LogP contribution is 2.37. The van der Waals surface area contributed by atoms with E-state index in [9.17, 15) is 18.0 Å². The molecule has 0 fully saturated rings. The Labute approximate surface area is 81.0 Å². The number of carboxylic acids is 1. The number of aromatic nitrogens is 1. The van der Waals surface area contributed by atoms with Crippen molar-refractivity contribution < 1.29 is 23.1 Å². The molecule has 7 heteroatoms. The van der Waals surface area contributed by atoms with Gasteiger partial charge < -0.3 is 5.11 Å². The van der Waals surface area contributed by atoms with Crippen molar-refractivity contribution in [1.82, 2.24) is 4.98 Å². The Morgan fingerprint density at radius 1 is 1.50 bits per heavy atom. The summed E-state index contributed by atoms with van der Waals surface area (Å²) in [5.41, 5.74) is -5.09. The van der Waals surface area contributed by atoms with Crippen molar-refractivity contribution in [2.45, 2.75) is 10.4 Å². The Morgan fingerprint density at radius 2 is 2.14 bits per heavy atom. The first-order valence-electron chi connectivity index (χ1n) is 3.34. The number of carboxylic acid groups (broad SMARTS) is 1. The summed E-state index contributed by atoms with van der Waals surface area (Å²) in [6.07, 6.45) is 1.13. The van der Waals surface area contributed by atoms with Crippen LogP contribution in [0.15, 0.2) is 23.2 Å². The van der Waals surface area contributed by atoms with E-state index in [4.69, 9.17) is 5.11 Å². The number of aromatic carboxylic acids is 1. The first-order chi connectivity index (χ1) is 6.40. The van der Waals surface area contributed by atoms with Gasteiger partial charge in [-0.2, -0.15) is 13.2 Å². The first-order valence-corrected chi connectivity index (χ1v) is 4.16. The zero-order valence-corrected chi connectivity index (χ0v) is 7.39. The van der Waals surface area contributed by atoms with E-state index in [1.54, 1.807) is 0 Å². The maximum Gasteiger partial charge on any atom is 0.446 e. The maximum atomic E-state index is 11.9. The van der Waals surface area contributed by atoms with Gasteiger partial charge in [0.2, 0.25) is 0 Å². The van der Waals surface area contributed by atoms with Crippen LogP contribution in [0.2, 0.25) is 0 Å². The fourth-order valence-electron chi connectivity index (χ4n) is 0.758. The third kappa shape index (κ3) is 2.91. The van der Waals surface area contributed by atoms with Gasteiger partial charge >= 0.3 is 11.5 Å². The Balaban J connectivity index is 3.02. The Bertz CT molecular complexity index is 353. The van der Waals surface area contributed by atoms with Gasteiger partial charge in [-0.1, -0.05) is 0 Å². The molecule has 1 N–H and O–H groups in total. The lowest BCUT2D eigenvalue weighted by Gasteiger charge is -2.06. The molecule has 0 atom stereocenters. The monoisotopic (exact) mass is 223 g/mol. The topological polar surface area (TPSA) is 50.2 Å². The number of thioether (sulfide) groups is 1. The smallest absolute Gasteiger partial charge is 0.446 e. The average molecular weight is 223 g/mol. The molecule has 0 amide bonds. The largest absolute Gasteiger partial charge is 0.476 e. The van der Waals surface area contributed by atoms with Crippen LogP contribution in [-0.2, 0) is 0 Å². The lowest BCUT2D eigenvalue weighted by molar-refractivity contribution is -0.0328. The van der Waals surface area contributed by atoms with Crippen LogP contribution >= 0.6 is 11.8 Å². The summed E-state index contributed by atoms with van der Waals surface area (Å²) in [4.78, 5) is 13.4. The van der Waals surface area contributed by atoms with Crippen molar-refractivity contribution in [1.29, 1.82) is 0 Å². The lowest BCUT2D eigenvalue weighted by atomic mass is 10.3. The number of rotatable bonds is 2. The number of pyridine rings is 1. The summed E-state index contributed by atoms with van der Waals surface area (Å²) in [7, 11) is 0. The van der Waals surface area contributed by atoms with E-state index < -0.39 is 33.8 Å². The second-order valence-corrected chi connectivity index (χ2v) is 3.31. The van der Waals surface area contributed by atoms with Crippen molar-refractivity contribution in [3.8, 4) is 0 Å². The molecular weight excluding hydrogens is 219 g/mol. The van der Waals surface area contributed by atoms with E-state index in [0.717, 1.165) is 12.3 Å². The normalized spacial score (nSPS) is 11.4. The minimum Gasteiger partial charge on any atom is -0.476 e.